The van der Waals surface area contributed by atoms with Crippen LogP contribution in [0.1, 0.15) is 29.9 Å². The number of aliphatic hydroxyl groups is 2. The Bertz CT molecular complexity index is 617. The lowest BCUT2D eigenvalue weighted by Crippen LogP contribution is -2.38. The molecule has 3 heteroatoms. The molecule has 0 radical (unpaired) electrons. The van der Waals surface area contributed by atoms with Crippen LogP contribution in [0.3, 0.4) is 0 Å². The molecule has 2 aromatic rings. The maximum absolute atomic E-state index is 9.98. The fourth-order valence-corrected chi connectivity index (χ4v) is 4.69. The zero-order valence-electron chi connectivity index (χ0n) is 14.5. The van der Waals surface area contributed by atoms with Crippen LogP contribution in [-0.2, 0) is 0 Å². The van der Waals surface area contributed by atoms with E-state index >= 15 is 0 Å². The second-order valence-corrected chi connectivity index (χ2v) is 7.72. The number of benzene rings is 2. The van der Waals surface area contributed by atoms with Crippen LogP contribution in [0.5, 0.6) is 0 Å². The van der Waals surface area contributed by atoms with Crippen molar-refractivity contribution >= 4 is 0 Å². The molecule has 0 unspecified atom stereocenters. The predicted molar refractivity (Wildman–Crippen MR) is 99.4 cm³/mol. The van der Waals surface area contributed by atoms with Crippen LogP contribution >= 0.6 is 0 Å². The molecule has 2 N–H and O–H groups in total. The molecule has 4 rings (SSSR count). The third kappa shape index (κ3) is 3.64. The van der Waals surface area contributed by atoms with E-state index in [1.165, 1.54) is 11.1 Å². The van der Waals surface area contributed by atoms with Crippen LogP contribution in [0.2, 0.25) is 0 Å². The van der Waals surface area contributed by atoms with E-state index in [0.717, 1.165) is 32.5 Å². The number of rotatable bonds is 4. The SMILES string of the molecule is O[C@@H]1C[C@H]2CN(CC(c3ccccc3)c3ccccc3)C[C@H]2C[C@@H]1O. The molecule has 3 nitrogen and oxygen atoms in total. The van der Waals surface area contributed by atoms with Gasteiger partial charge in [0.1, 0.15) is 0 Å². The van der Waals surface area contributed by atoms with Crippen molar-refractivity contribution in [3.63, 3.8) is 0 Å². The van der Waals surface area contributed by atoms with Crippen molar-refractivity contribution in [2.45, 2.75) is 31.0 Å². The first-order valence-corrected chi connectivity index (χ1v) is 9.39. The Hall–Kier alpha value is -1.68. The number of hydrogen-bond donors (Lipinski definition) is 2. The van der Waals surface area contributed by atoms with Gasteiger partial charge in [0.15, 0.2) is 0 Å². The average molecular weight is 337 g/mol. The fourth-order valence-electron chi connectivity index (χ4n) is 4.69. The third-order valence-corrected chi connectivity index (χ3v) is 6.03. The van der Waals surface area contributed by atoms with Crippen molar-refractivity contribution in [1.29, 1.82) is 0 Å². The predicted octanol–water partition coefficient (Wildman–Crippen LogP) is 2.88. The van der Waals surface area contributed by atoms with E-state index in [2.05, 4.69) is 65.6 Å². The van der Waals surface area contributed by atoms with Crippen molar-refractivity contribution in [1.82, 2.24) is 4.90 Å². The smallest absolute Gasteiger partial charge is 0.0802 e. The summed E-state index contributed by atoms with van der Waals surface area (Å²) in [6.45, 7) is 3.06. The maximum Gasteiger partial charge on any atom is 0.0802 e. The highest BCUT2D eigenvalue weighted by Gasteiger charge is 2.41. The van der Waals surface area contributed by atoms with Gasteiger partial charge in [-0.3, -0.25) is 0 Å². The number of fused-ring (bicyclic) bond motifs is 1. The van der Waals surface area contributed by atoms with Gasteiger partial charge in [0, 0.05) is 25.6 Å². The Morgan fingerprint density at radius 2 is 1.20 bits per heavy atom. The summed E-state index contributed by atoms with van der Waals surface area (Å²) >= 11 is 0. The van der Waals surface area contributed by atoms with Crippen LogP contribution in [-0.4, -0.2) is 47.0 Å². The van der Waals surface area contributed by atoms with E-state index in [1.54, 1.807) is 0 Å². The highest BCUT2D eigenvalue weighted by molar-refractivity contribution is 5.32. The van der Waals surface area contributed by atoms with Crippen molar-refractivity contribution in [3.8, 4) is 0 Å². The zero-order valence-corrected chi connectivity index (χ0v) is 14.5. The summed E-state index contributed by atoms with van der Waals surface area (Å²) in [5, 5.41) is 20.0. The minimum absolute atomic E-state index is 0.359. The summed E-state index contributed by atoms with van der Waals surface area (Å²) in [5.74, 6) is 1.40. The molecule has 4 atom stereocenters. The van der Waals surface area contributed by atoms with Crippen molar-refractivity contribution in [2.75, 3.05) is 19.6 Å². The second kappa shape index (κ2) is 7.28. The van der Waals surface area contributed by atoms with Crippen molar-refractivity contribution < 1.29 is 10.2 Å². The summed E-state index contributed by atoms with van der Waals surface area (Å²) in [7, 11) is 0. The van der Waals surface area contributed by atoms with Gasteiger partial charge in [-0.15, -0.1) is 0 Å². The number of nitrogens with zero attached hydrogens (tertiary/aromatic N) is 1. The molecule has 1 saturated heterocycles. The number of aliphatic hydroxyl groups excluding tert-OH is 2. The van der Waals surface area contributed by atoms with Crippen LogP contribution in [0.4, 0.5) is 0 Å². The summed E-state index contributed by atoms with van der Waals surface area (Å²) in [5.41, 5.74) is 2.70. The molecule has 1 aliphatic heterocycles. The Morgan fingerprint density at radius 1 is 0.760 bits per heavy atom. The molecule has 0 bridgehead atoms. The van der Waals surface area contributed by atoms with Crippen LogP contribution in [0.25, 0.3) is 0 Å². The zero-order chi connectivity index (χ0) is 17.2. The van der Waals surface area contributed by atoms with Gasteiger partial charge in [0.05, 0.1) is 12.2 Å². The summed E-state index contributed by atoms with van der Waals surface area (Å²) in [4.78, 5) is 2.53. The molecule has 1 saturated carbocycles. The van der Waals surface area contributed by atoms with Gasteiger partial charge >= 0.3 is 0 Å². The molecule has 132 valence electrons. The molecule has 1 heterocycles. The van der Waals surface area contributed by atoms with E-state index in [4.69, 9.17) is 0 Å². The lowest BCUT2D eigenvalue weighted by molar-refractivity contribution is -0.0372. The number of likely N-dealkylation sites (tertiary alicyclic amines) is 1. The highest BCUT2D eigenvalue weighted by atomic mass is 16.3. The van der Waals surface area contributed by atoms with E-state index in [1.807, 2.05) is 0 Å². The van der Waals surface area contributed by atoms with E-state index in [0.29, 0.717) is 17.8 Å². The van der Waals surface area contributed by atoms with Crippen LogP contribution in [0, 0.1) is 11.8 Å². The lowest BCUT2D eigenvalue weighted by Gasteiger charge is -2.32. The van der Waals surface area contributed by atoms with Gasteiger partial charge in [-0.25, -0.2) is 0 Å². The van der Waals surface area contributed by atoms with Gasteiger partial charge in [-0.1, -0.05) is 60.7 Å². The normalized spacial score (nSPS) is 29.7. The highest BCUT2D eigenvalue weighted by Crippen LogP contribution is 2.38. The van der Waals surface area contributed by atoms with Crippen LogP contribution in [0.15, 0.2) is 60.7 Å². The van der Waals surface area contributed by atoms with Gasteiger partial charge in [-0.05, 0) is 35.8 Å². The minimum atomic E-state index is -0.541. The monoisotopic (exact) mass is 337 g/mol. The van der Waals surface area contributed by atoms with Crippen LogP contribution < -0.4 is 0 Å². The largest absolute Gasteiger partial charge is 0.390 e. The first-order valence-electron chi connectivity index (χ1n) is 9.39. The van der Waals surface area contributed by atoms with E-state index < -0.39 is 12.2 Å². The summed E-state index contributed by atoms with van der Waals surface area (Å²) in [6, 6.07) is 21.5. The molecular weight excluding hydrogens is 310 g/mol. The summed E-state index contributed by atoms with van der Waals surface area (Å²) < 4.78 is 0. The Morgan fingerprint density at radius 3 is 1.64 bits per heavy atom. The third-order valence-electron chi connectivity index (χ3n) is 6.03. The average Bonchev–Trinajstić information content (AvgIpc) is 3.03. The molecule has 0 spiro atoms. The number of hydrogen-bond acceptors (Lipinski definition) is 3. The summed E-state index contributed by atoms with van der Waals surface area (Å²) in [6.07, 6.45) is 0.397. The first-order chi connectivity index (χ1) is 12.2. The van der Waals surface area contributed by atoms with E-state index in [9.17, 15) is 10.2 Å². The quantitative estimate of drug-likeness (QED) is 0.902. The van der Waals surface area contributed by atoms with Crippen molar-refractivity contribution in [2.24, 2.45) is 11.8 Å². The minimum Gasteiger partial charge on any atom is -0.390 e. The fraction of sp³-hybridized carbons (Fsp3) is 0.455. The van der Waals surface area contributed by atoms with Crippen molar-refractivity contribution in [3.05, 3.63) is 71.8 Å². The van der Waals surface area contributed by atoms with E-state index in [-0.39, 0.29) is 0 Å². The standard InChI is InChI=1S/C22H27NO2/c24-21-11-18-13-23(14-19(18)12-22(21)25)15-20(16-7-3-1-4-8-16)17-9-5-2-6-10-17/h1-10,18-22,24-25H,11-15H2/t18-,19+,21+,22-. The molecular formula is C22H27NO2. The molecule has 0 aromatic heterocycles. The lowest BCUT2D eigenvalue weighted by atomic mass is 9.79. The Labute approximate surface area is 149 Å². The topological polar surface area (TPSA) is 43.7 Å². The molecule has 2 aromatic carbocycles. The molecule has 25 heavy (non-hydrogen) atoms. The van der Waals surface area contributed by atoms with Gasteiger partial charge in [0.25, 0.3) is 0 Å². The first kappa shape index (κ1) is 16.8. The Balaban J connectivity index is 1.52. The van der Waals surface area contributed by atoms with Gasteiger partial charge in [0.2, 0.25) is 0 Å². The van der Waals surface area contributed by atoms with Gasteiger partial charge in [-0.2, -0.15) is 0 Å². The molecule has 0 amide bonds. The Kier molecular flexibility index (Phi) is 4.89. The molecule has 2 aliphatic rings. The molecule has 2 fully saturated rings. The molecule has 1 aliphatic carbocycles. The second-order valence-electron chi connectivity index (χ2n) is 7.72. The maximum atomic E-state index is 9.98. The van der Waals surface area contributed by atoms with Gasteiger partial charge < -0.3 is 15.1 Å².